The highest BCUT2D eigenvalue weighted by Crippen LogP contribution is 2.30. The van der Waals surface area contributed by atoms with Crippen LogP contribution in [0.15, 0.2) is 67.0 Å². The lowest BCUT2D eigenvalue weighted by molar-refractivity contribution is 0.104. The van der Waals surface area contributed by atoms with Crippen LogP contribution in [0.1, 0.15) is 27.0 Å². The number of aromatic amines is 1. The molecule has 0 amide bonds. The number of aromatic nitrogens is 3. The van der Waals surface area contributed by atoms with Crippen molar-refractivity contribution in [1.29, 1.82) is 0 Å². The number of nitrogens with zero attached hydrogens (tertiary/aromatic N) is 2. The lowest BCUT2D eigenvalue weighted by Crippen LogP contribution is -2.06. The molecule has 3 N–H and O–H groups in total. The minimum Gasteiger partial charge on any atom is -0.383 e. The van der Waals surface area contributed by atoms with Gasteiger partial charge in [-0.05, 0) is 36.4 Å². The standard InChI is InChI=1S/C23H14F2N4O/c24-17-8-9-18(19(25)12-17)21-20(23(26)29-28-21)22(30)16-5-1-3-14(11-16)6-7-15-4-2-10-27-13-15/h1-5,8-13H,(H3,26,28,29). The number of hydrogen-bond donors (Lipinski definition) is 2. The van der Waals surface area contributed by atoms with Crippen molar-refractivity contribution in [2.24, 2.45) is 0 Å². The van der Waals surface area contributed by atoms with Gasteiger partial charge in [-0.1, -0.05) is 24.0 Å². The van der Waals surface area contributed by atoms with Crippen LogP contribution in [0.4, 0.5) is 14.6 Å². The second-order valence-electron chi connectivity index (χ2n) is 6.39. The Morgan fingerprint density at radius 2 is 1.80 bits per heavy atom. The van der Waals surface area contributed by atoms with Crippen molar-refractivity contribution in [1.82, 2.24) is 15.2 Å². The molecule has 0 aliphatic carbocycles. The Kier molecular flexibility index (Phi) is 5.06. The summed E-state index contributed by atoms with van der Waals surface area (Å²) in [5.74, 6) is 3.92. The number of benzene rings is 2. The van der Waals surface area contributed by atoms with Crippen molar-refractivity contribution in [2.45, 2.75) is 0 Å². The Morgan fingerprint density at radius 3 is 2.57 bits per heavy atom. The zero-order valence-electron chi connectivity index (χ0n) is 15.5. The van der Waals surface area contributed by atoms with Crippen molar-refractivity contribution in [3.8, 4) is 23.1 Å². The van der Waals surface area contributed by atoms with Gasteiger partial charge in [0.1, 0.15) is 23.1 Å². The molecule has 4 rings (SSSR count). The van der Waals surface area contributed by atoms with E-state index in [0.717, 1.165) is 17.7 Å². The number of carbonyl (C=O) groups excluding carboxylic acids is 1. The van der Waals surface area contributed by atoms with Crippen LogP contribution >= 0.6 is 0 Å². The van der Waals surface area contributed by atoms with Crippen molar-refractivity contribution in [3.05, 3.63) is 101 Å². The Labute approximate surface area is 170 Å². The molecule has 0 aliphatic rings. The third kappa shape index (κ3) is 3.80. The summed E-state index contributed by atoms with van der Waals surface area (Å²) in [7, 11) is 0. The molecule has 2 aromatic carbocycles. The average molecular weight is 400 g/mol. The third-order valence-electron chi connectivity index (χ3n) is 4.35. The van der Waals surface area contributed by atoms with E-state index in [0.29, 0.717) is 11.1 Å². The van der Waals surface area contributed by atoms with E-state index in [2.05, 4.69) is 27.0 Å². The number of nitrogens with one attached hydrogen (secondary N) is 1. The molecule has 0 bridgehead atoms. The quantitative estimate of drug-likeness (QED) is 0.403. The molecule has 4 aromatic rings. The fourth-order valence-corrected chi connectivity index (χ4v) is 2.93. The zero-order valence-corrected chi connectivity index (χ0v) is 15.5. The summed E-state index contributed by atoms with van der Waals surface area (Å²) in [6.07, 6.45) is 3.29. The van der Waals surface area contributed by atoms with E-state index in [1.54, 1.807) is 42.7 Å². The molecule has 0 spiro atoms. The highest BCUT2D eigenvalue weighted by Gasteiger charge is 2.23. The van der Waals surface area contributed by atoms with Crippen LogP contribution in [-0.2, 0) is 0 Å². The molecule has 146 valence electrons. The molecule has 0 saturated carbocycles. The normalized spacial score (nSPS) is 10.3. The fraction of sp³-hybridized carbons (Fsp3) is 0. The first-order valence-electron chi connectivity index (χ1n) is 8.89. The Morgan fingerprint density at radius 1 is 1.00 bits per heavy atom. The van der Waals surface area contributed by atoms with Gasteiger partial charge in [-0.3, -0.25) is 14.9 Å². The first-order chi connectivity index (χ1) is 14.5. The predicted molar refractivity (Wildman–Crippen MR) is 108 cm³/mol. The van der Waals surface area contributed by atoms with Gasteiger partial charge < -0.3 is 5.73 Å². The summed E-state index contributed by atoms with van der Waals surface area (Å²) in [6.45, 7) is 0. The van der Waals surface area contributed by atoms with Gasteiger partial charge in [-0.2, -0.15) is 5.10 Å². The van der Waals surface area contributed by atoms with Gasteiger partial charge in [0.05, 0.1) is 5.56 Å². The maximum Gasteiger partial charge on any atom is 0.199 e. The smallest absolute Gasteiger partial charge is 0.199 e. The molecular formula is C23H14F2N4O. The van der Waals surface area contributed by atoms with E-state index in [4.69, 9.17) is 5.73 Å². The number of anilines is 1. The van der Waals surface area contributed by atoms with Crippen LogP contribution in [0.3, 0.4) is 0 Å². The van der Waals surface area contributed by atoms with Gasteiger partial charge in [0, 0.05) is 40.7 Å². The van der Waals surface area contributed by atoms with Crippen LogP contribution in [0.2, 0.25) is 0 Å². The summed E-state index contributed by atoms with van der Waals surface area (Å²) in [5.41, 5.74) is 7.56. The molecule has 0 aliphatic heterocycles. The SMILES string of the molecule is Nc1[nH]nc(-c2ccc(F)cc2F)c1C(=O)c1cccc(C#Cc2cccnc2)c1. The molecule has 7 heteroatoms. The molecule has 2 aromatic heterocycles. The van der Waals surface area contributed by atoms with Gasteiger partial charge in [0.15, 0.2) is 5.78 Å². The lowest BCUT2D eigenvalue weighted by Gasteiger charge is -2.05. The number of H-pyrrole nitrogens is 1. The van der Waals surface area contributed by atoms with Crippen molar-refractivity contribution in [3.63, 3.8) is 0 Å². The summed E-state index contributed by atoms with van der Waals surface area (Å²) in [6, 6.07) is 13.3. The number of rotatable bonds is 3. The number of hydrogen-bond acceptors (Lipinski definition) is 4. The number of pyridine rings is 1. The van der Waals surface area contributed by atoms with Crippen molar-refractivity contribution in [2.75, 3.05) is 5.73 Å². The average Bonchev–Trinajstić information content (AvgIpc) is 3.13. The summed E-state index contributed by atoms with van der Waals surface area (Å²) in [5, 5.41) is 6.45. The molecule has 2 heterocycles. The minimum absolute atomic E-state index is 0.00873. The number of halogens is 2. The van der Waals surface area contributed by atoms with Gasteiger partial charge in [0.2, 0.25) is 0 Å². The predicted octanol–water partition coefficient (Wildman–Crippen LogP) is 3.96. The Hall–Kier alpha value is -4.31. The van der Waals surface area contributed by atoms with E-state index in [1.807, 2.05) is 6.07 Å². The third-order valence-corrected chi connectivity index (χ3v) is 4.35. The van der Waals surface area contributed by atoms with Crippen LogP contribution in [0.5, 0.6) is 0 Å². The van der Waals surface area contributed by atoms with Gasteiger partial charge in [0.25, 0.3) is 0 Å². The van der Waals surface area contributed by atoms with Gasteiger partial charge in [-0.15, -0.1) is 0 Å². The highest BCUT2D eigenvalue weighted by molar-refractivity contribution is 6.15. The Balaban J connectivity index is 1.71. The Bertz CT molecular complexity index is 1300. The van der Waals surface area contributed by atoms with Gasteiger partial charge >= 0.3 is 0 Å². The first kappa shape index (κ1) is 19.0. The molecule has 0 unspecified atom stereocenters. The monoisotopic (exact) mass is 400 g/mol. The van der Waals surface area contributed by atoms with Crippen LogP contribution in [0.25, 0.3) is 11.3 Å². The maximum atomic E-state index is 14.2. The lowest BCUT2D eigenvalue weighted by atomic mass is 9.98. The van der Waals surface area contributed by atoms with E-state index >= 15 is 0 Å². The highest BCUT2D eigenvalue weighted by atomic mass is 19.1. The second-order valence-corrected chi connectivity index (χ2v) is 6.39. The second kappa shape index (κ2) is 7.97. The van der Waals surface area contributed by atoms with Crippen LogP contribution < -0.4 is 5.73 Å². The van der Waals surface area contributed by atoms with E-state index in [-0.39, 0.29) is 22.6 Å². The molecule has 0 fully saturated rings. The first-order valence-corrected chi connectivity index (χ1v) is 8.89. The number of ketones is 1. The maximum absolute atomic E-state index is 14.2. The molecule has 0 saturated heterocycles. The molecule has 30 heavy (non-hydrogen) atoms. The van der Waals surface area contributed by atoms with Gasteiger partial charge in [-0.25, -0.2) is 8.78 Å². The fourth-order valence-electron chi connectivity index (χ4n) is 2.93. The molecule has 0 radical (unpaired) electrons. The van der Waals surface area contributed by atoms with Crippen LogP contribution in [0, 0.1) is 23.5 Å². The molecule has 5 nitrogen and oxygen atoms in total. The molecule has 0 atom stereocenters. The van der Waals surface area contributed by atoms with Crippen LogP contribution in [-0.4, -0.2) is 21.0 Å². The minimum atomic E-state index is -0.841. The van der Waals surface area contributed by atoms with E-state index in [1.165, 1.54) is 6.07 Å². The van der Waals surface area contributed by atoms with E-state index in [9.17, 15) is 13.6 Å². The zero-order chi connectivity index (χ0) is 21.1. The summed E-state index contributed by atoms with van der Waals surface area (Å²) in [4.78, 5) is 17.1. The topological polar surface area (TPSA) is 84.7 Å². The largest absolute Gasteiger partial charge is 0.383 e. The van der Waals surface area contributed by atoms with Crippen molar-refractivity contribution >= 4 is 11.6 Å². The number of carbonyl (C=O) groups is 1. The number of nitrogen functional groups attached to an aromatic ring is 1. The molecular weight excluding hydrogens is 386 g/mol. The summed E-state index contributed by atoms with van der Waals surface area (Å²) >= 11 is 0. The van der Waals surface area contributed by atoms with E-state index < -0.39 is 17.4 Å². The summed E-state index contributed by atoms with van der Waals surface area (Å²) < 4.78 is 27.5. The van der Waals surface area contributed by atoms with Crippen molar-refractivity contribution < 1.29 is 13.6 Å². The number of nitrogens with two attached hydrogens (primary N) is 1.